The molecule has 1 aliphatic rings. The molecule has 0 aliphatic carbocycles. The number of carbonyl (C=O) groups excluding carboxylic acids is 1. The van der Waals surface area contributed by atoms with E-state index >= 15 is 0 Å². The summed E-state index contributed by atoms with van der Waals surface area (Å²) >= 11 is 5.57. The number of hydrogen-bond acceptors (Lipinski definition) is 4. The minimum absolute atomic E-state index is 0.0266. The van der Waals surface area contributed by atoms with Crippen LogP contribution in [0.5, 0.6) is 0 Å². The van der Waals surface area contributed by atoms with E-state index < -0.39 is 28.7 Å². The molecule has 0 atom stereocenters. The van der Waals surface area contributed by atoms with Crippen molar-refractivity contribution in [1.82, 2.24) is 4.57 Å². The van der Waals surface area contributed by atoms with Crippen LogP contribution in [-0.4, -0.2) is 26.2 Å². The smallest absolute Gasteiger partial charge is 0.390 e. The number of aliphatic hydroxyl groups is 1. The van der Waals surface area contributed by atoms with Crippen molar-refractivity contribution in [3.8, 4) is 6.07 Å². The van der Waals surface area contributed by atoms with Gasteiger partial charge in [-0.2, -0.15) is 18.4 Å². The molecule has 3 aromatic rings. The van der Waals surface area contributed by atoms with Gasteiger partial charge in [0.2, 0.25) is 0 Å². The third-order valence-corrected chi connectivity index (χ3v) is 6.27. The Hall–Kier alpha value is -3.42. The van der Waals surface area contributed by atoms with Gasteiger partial charge in [-0.15, -0.1) is 0 Å². The quantitative estimate of drug-likeness (QED) is 0.570. The maximum atomic E-state index is 13.5. The fourth-order valence-electron chi connectivity index (χ4n) is 4.13. The number of carbonyl (C=O) groups is 1. The molecule has 1 amide bonds. The lowest BCUT2D eigenvalue weighted by Crippen LogP contribution is -2.44. The van der Waals surface area contributed by atoms with Gasteiger partial charge in [0.05, 0.1) is 35.0 Å². The Morgan fingerprint density at radius 2 is 1.79 bits per heavy atom. The number of amides is 1. The number of rotatable bonds is 3. The predicted octanol–water partition coefficient (Wildman–Crippen LogP) is 4.48. The zero-order valence-corrected chi connectivity index (χ0v) is 18.8. The van der Waals surface area contributed by atoms with Gasteiger partial charge in [0.25, 0.3) is 5.91 Å². The second kappa shape index (κ2) is 7.57. The summed E-state index contributed by atoms with van der Waals surface area (Å²) in [5.41, 5.74) is -0.802. The normalized spacial score (nSPS) is 16.1. The average Bonchev–Trinajstić information content (AvgIpc) is 3.16. The van der Waals surface area contributed by atoms with Crippen LogP contribution in [0, 0.1) is 11.3 Å². The van der Waals surface area contributed by atoms with E-state index in [4.69, 9.17) is 17.5 Å². The highest BCUT2D eigenvalue weighted by Crippen LogP contribution is 2.40. The molecule has 1 aromatic heterocycles. The second-order valence-corrected chi connectivity index (χ2v) is 8.62. The largest absolute Gasteiger partial charge is 0.417 e. The first-order valence-corrected chi connectivity index (χ1v) is 10.3. The van der Waals surface area contributed by atoms with Crippen LogP contribution in [-0.2, 0) is 24.6 Å². The number of thiocarbonyl (C=S) groups is 1. The lowest BCUT2D eigenvalue weighted by Gasteiger charge is -2.29. The summed E-state index contributed by atoms with van der Waals surface area (Å²) in [5.74, 6) is -0.492. The van der Waals surface area contributed by atoms with Gasteiger partial charge in [-0.3, -0.25) is 9.69 Å². The summed E-state index contributed by atoms with van der Waals surface area (Å²) in [7, 11) is 1.80. The lowest BCUT2D eigenvalue weighted by atomic mass is 10.0. The lowest BCUT2D eigenvalue weighted by molar-refractivity contribution is -0.137. The van der Waals surface area contributed by atoms with E-state index in [9.17, 15) is 23.1 Å². The van der Waals surface area contributed by atoms with Gasteiger partial charge in [-0.25, -0.2) is 0 Å². The van der Waals surface area contributed by atoms with E-state index in [1.165, 1.54) is 12.1 Å². The number of nitriles is 1. The van der Waals surface area contributed by atoms with Crippen molar-refractivity contribution in [1.29, 1.82) is 5.26 Å². The Morgan fingerprint density at radius 1 is 1.12 bits per heavy atom. The molecule has 1 N–H and O–H groups in total. The van der Waals surface area contributed by atoms with Gasteiger partial charge >= 0.3 is 6.18 Å². The number of aliphatic hydroxyl groups excluding tert-OH is 1. The zero-order chi connectivity index (χ0) is 24.3. The molecule has 0 unspecified atom stereocenters. The van der Waals surface area contributed by atoms with Crippen LogP contribution in [0.1, 0.15) is 30.7 Å². The van der Waals surface area contributed by atoms with Crippen molar-refractivity contribution < 1.29 is 23.1 Å². The van der Waals surface area contributed by atoms with Crippen molar-refractivity contribution in [3.63, 3.8) is 0 Å². The number of alkyl halides is 3. The Morgan fingerprint density at radius 3 is 2.39 bits per heavy atom. The predicted molar refractivity (Wildman–Crippen MR) is 122 cm³/mol. The number of halogens is 3. The fourth-order valence-corrected chi connectivity index (χ4v) is 4.65. The van der Waals surface area contributed by atoms with Crippen molar-refractivity contribution >= 4 is 45.5 Å². The van der Waals surface area contributed by atoms with E-state index in [0.29, 0.717) is 11.4 Å². The van der Waals surface area contributed by atoms with Crippen LogP contribution in [0.2, 0.25) is 0 Å². The number of anilines is 2. The molecule has 1 saturated heterocycles. The Labute approximate surface area is 193 Å². The Bertz CT molecular complexity index is 1350. The topological polar surface area (TPSA) is 72.5 Å². The van der Waals surface area contributed by atoms with Gasteiger partial charge < -0.3 is 14.6 Å². The average molecular weight is 472 g/mol. The Kier molecular flexibility index (Phi) is 5.22. The van der Waals surface area contributed by atoms with Crippen molar-refractivity contribution in [2.24, 2.45) is 7.05 Å². The molecule has 0 radical (unpaired) electrons. The van der Waals surface area contributed by atoms with Crippen molar-refractivity contribution in [2.45, 2.75) is 32.2 Å². The summed E-state index contributed by atoms with van der Waals surface area (Å²) in [6.45, 7) is 3.15. The molecule has 1 fully saturated rings. The van der Waals surface area contributed by atoms with Crippen molar-refractivity contribution in [3.05, 3.63) is 59.3 Å². The molecular formula is C23H19F3N4O2S. The summed E-state index contributed by atoms with van der Waals surface area (Å²) in [5, 5.41) is 19.5. The minimum Gasteiger partial charge on any atom is -0.390 e. The van der Waals surface area contributed by atoms with Crippen LogP contribution in [0.3, 0.4) is 0 Å². The van der Waals surface area contributed by atoms with Crippen LogP contribution in [0.15, 0.2) is 42.5 Å². The van der Waals surface area contributed by atoms with E-state index in [2.05, 4.69) is 0 Å². The monoisotopic (exact) mass is 472 g/mol. The molecule has 2 aromatic carbocycles. The Balaban J connectivity index is 1.83. The third-order valence-electron chi connectivity index (χ3n) is 5.90. The number of nitrogens with zero attached hydrogens (tertiary/aromatic N) is 4. The van der Waals surface area contributed by atoms with E-state index in [1.807, 2.05) is 22.8 Å². The molecule has 1 aliphatic heterocycles. The number of aryl methyl sites for hydroxylation is 1. The zero-order valence-electron chi connectivity index (χ0n) is 17.9. The summed E-state index contributed by atoms with van der Waals surface area (Å²) in [6.07, 6.45) is -4.76. The maximum Gasteiger partial charge on any atom is 0.417 e. The van der Waals surface area contributed by atoms with Gasteiger partial charge in [-0.05, 0) is 62.5 Å². The maximum absolute atomic E-state index is 13.5. The highest BCUT2D eigenvalue weighted by molar-refractivity contribution is 7.81. The molecule has 10 heteroatoms. The number of aromatic nitrogens is 1. The summed E-state index contributed by atoms with van der Waals surface area (Å²) < 4.78 is 42.3. The molecule has 0 bridgehead atoms. The van der Waals surface area contributed by atoms with E-state index in [0.717, 1.165) is 27.9 Å². The molecule has 2 heterocycles. The van der Waals surface area contributed by atoms with Gasteiger partial charge in [0.1, 0.15) is 5.54 Å². The highest BCUT2D eigenvalue weighted by atomic mass is 32.1. The second-order valence-electron chi connectivity index (χ2n) is 8.25. The minimum atomic E-state index is -4.76. The molecular weight excluding hydrogens is 453 g/mol. The molecule has 0 saturated carbocycles. The number of hydrogen-bond donors (Lipinski definition) is 1. The van der Waals surface area contributed by atoms with E-state index in [-0.39, 0.29) is 17.4 Å². The van der Waals surface area contributed by atoms with Gasteiger partial charge in [0.15, 0.2) is 5.11 Å². The molecule has 170 valence electrons. The first-order valence-electron chi connectivity index (χ1n) is 9.91. The first-order chi connectivity index (χ1) is 15.4. The van der Waals surface area contributed by atoms with Crippen LogP contribution >= 0.6 is 12.2 Å². The van der Waals surface area contributed by atoms with E-state index in [1.54, 1.807) is 31.9 Å². The number of benzene rings is 2. The van der Waals surface area contributed by atoms with Crippen molar-refractivity contribution in [2.75, 3.05) is 9.80 Å². The fraction of sp³-hybridized carbons (Fsp3) is 0.261. The summed E-state index contributed by atoms with van der Waals surface area (Å²) in [6, 6.07) is 11.9. The molecule has 33 heavy (non-hydrogen) atoms. The van der Waals surface area contributed by atoms with Crippen LogP contribution in [0.4, 0.5) is 24.5 Å². The highest BCUT2D eigenvalue weighted by Gasteiger charge is 2.50. The third kappa shape index (κ3) is 3.44. The summed E-state index contributed by atoms with van der Waals surface area (Å²) in [4.78, 5) is 16.0. The molecule has 0 spiro atoms. The standard InChI is InChI=1S/C23H19F3N4O2S/c1-22(2)20(32)29(15-6-5-14(11-27)18(9-15)23(24,25)26)21(33)30(22)16-7-4-13-8-17(12-31)28(3)19(13)10-16/h4-10,31H,12H2,1-3H3. The number of fused-ring (bicyclic) bond motifs is 1. The SMILES string of the molecule is Cn1c(CO)cc2ccc(N3C(=S)N(c4ccc(C#N)c(C(F)(F)F)c4)C(=O)C3(C)C)cc21. The van der Waals surface area contributed by atoms with Crippen LogP contribution < -0.4 is 9.80 Å². The van der Waals surface area contributed by atoms with Crippen LogP contribution in [0.25, 0.3) is 10.9 Å². The first kappa shape index (κ1) is 22.8. The van der Waals surface area contributed by atoms with Gasteiger partial charge in [-0.1, -0.05) is 6.07 Å². The molecule has 6 nitrogen and oxygen atoms in total. The van der Waals surface area contributed by atoms with Gasteiger partial charge in [0, 0.05) is 23.8 Å². The molecule has 4 rings (SSSR count).